The van der Waals surface area contributed by atoms with E-state index in [1.807, 2.05) is 18.2 Å². The maximum Gasteiger partial charge on any atom is 0.227 e. The SMILES string of the molecule is CN1CCN(c2ccccc2NC(=O)[C@@H]2CC=CCC2)CC1. The van der Waals surface area contributed by atoms with Gasteiger partial charge < -0.3 is 15.1 Å². The summed E-state index contributed by atoms with van der Waals surface area (Å²) in [4.78, 5) is 17.2. The van der Waals surface area contributed by atoms with Gasteiger partial charge >= 0.3 is 0 Å². The first-order valence-corrected chi connectivity index (χ1v) is 8.22. The number of carbonyl (C=O) groups is 1. The van der Waals surface area contributed by atoms with Gasteiger partial charge in [-0.25, -0.2) is 0 Å². The second-order valence-corrected chi connectivity index (χ2v) is 6.28. The molecule has 4 heteroatoms. The molecule has 0 spiro atoms. The van der Waals surface area contributed by atoms with Crippen LogP contribution in [0.5, 0.6) is 0 Å². The van der Waals surface area contributed by atoms with E-state index < -0.39 is 0 Å². The average molecular weight is 299 g/mol. The summed E-state index contributed by atoms with van der Waals surface area (Å²) in [5.74, 6) is 0.275. The number of amides is 1. The number of nitrogens with zero attached hydrogens (tertiary/aromatic N) is 2. The zero-order valence-corrected chi connectivity index (χ0v) is 13.3. The first-order valence-electron chi connectivity index (χ1n) is 8.22. The Bertz CT molecular complexity index is 547. The molecule has 0 bridgehead atoms. The van der Waals surface area contributed by atoms with E-state index in [4.69, 9.17) is 0 Å². The second kappa shape index (κ2) is 6.97. The lowest BCUT2D eigenvalue weighted by Crippen LogP contribution is -2.44. The van der Waals surface area contributed by atoms with Gasteiger partial charge in [0.05, 0.1) is 11.4 Å². The van der Waals surface area contributed by atoms with Gasteiger partial charge in [0.2, 0.25) is 5.91 Å². The van der Waals surface area contributed by atoms with E-state index >= 15 is 0 Å². The van der Waals surface area contributed by atoms with Gasteiger partial charge in [0, 0.05) is 32.1 Å². The van der Waals surface area contributed by atoms with Gasteiger partial charge in [-0.1, -0.05) is 24.3 Å². The maximum absolute atomic E-state index is 12.5. The minimum atomic E-state index is 0.116. The summed E-state index contributed by atoms with van der Waals surface area (Å²) in [5, 5.41) is 3.16. The Morgan fingerprint density at radius 1 is 1.14 bits per heavy atom. The lowest BCUT2D eigenvalue weighted by Gasteiger charge is -2.35. The minimum absolute atomic E-state index is 0.116. The highest BCUT2D eigenvalue weighted by molar-refractivity contribution is 5.96. The standard InChI is InChI=1S/C18H25N3O/c1-20-11-13-21(14-12-20)17-10-6-5-9-16(17)19-18(22)15-7-3-2-4-8-15/h2-3,5-6,9-10,15H,4,7-8,11-14H2,1H3,(H,19,22)/t15-/m1/s1. The molecule has 0 aromatic heterocycles. The number of benzene rings is 1. The molecule has 2 aliphatic rings. The Kier molecular flexibility index (Phi) is 4.78. The molecule has 0 unspecified atom stereocenters. The van der Waals surface area contributed by atoms with Crippen molar-refractivity contribution in [3.8, 4) is 0 Å². The van der Waals surface area contributed by atoms with Crippen LogP contribution in [0.3, 0.4) is 0 Å². The molecule has 1 aromatic rings. The van der Waals surface area contributed by atoms with Crippen molar-refractivity contribution in [2.75, 3.05) is 43.4 Å². The first-order chi connectivity index (χ1) is 10.7. The molecule has 1 heterocycles. The van der Waals surface area contributed by atoms with E-state index in [0.29, 0.717) is 0 Å². The van der Waals surface area contributed by atoms with E-state index in [0.717, 1.165) is 56.8 Å². The lowest BCUT2D eigenvalue weighted by atomic mass is 9.93. The molecule has 0 radical (unpaired) electrons. The van der Waals surface area contributed by atoms with Gasteiger partial charge in [-0.2, -0.15) is 0 Å². The molecule has 4 nitrogen and oxygen atoms in total. The highest BCUT2D eigenvalue weighted by atomic mass is 16.1. The molecule has 1 N–H and O–H groups in total. The summed E-state index contributed by atoms with van der Waals surface area (Å²) < 4.78 is 0. The van der Waals surface area contributed by atoms with Crippen LogP contribution in [0.25, 0.3) is 0 Å². The zero-order chi connectivity index (χ0) is 15.4. The smallest absolute Gasteiger partial charge is 0.227 e. The van der Waals surface area contributed by atoms with E-state index in [9.17, 15) is 4.79 Å². The maximum atomic E-state index is 12.5. The summed E-state index contributed by atoms with van der Waals surface area (Å²) in [5.41, 5.74) is 2.10. The molecule has 1 aliphatic heterocycles. The van der Waals surface area contributed by atoms with E-state index in [1.165, 1.54) is 0 Å². The van der Waals surface area contributed by atoms with Crippen molar-refractivity contribution in [2.24, 2.45) is 5.92 Å². The summed E-state index contributed by atoms with van der Waals surface area (Å²) in [6.07, 6.45) is 7.13. The molecule has 3 rings (SSSR count). The average Bonchev–Trinajstić information content (AvgIpc) is 2.57. The monoisotopic (exact) mass is 299 g/mol. The predicted octanol–water partition coefficient (Wildman–Crippen LogP) is 2.73. The number of hydrogen-bond acceptors (Lipinski definition) is 3. The van der Waals surface area contributed by atoms with Crippen LogP contribution in [0.4, 0.5) is 11.4 Å². The topological polar surface area (TPSA) is 35.6 Å². The van der Waals surface area contributed by atoms with Crippen LogP contribution in [0, 0.1) is 5.92 Å². The molecule has 118 valence electrons. The lowest BCUT2D eigenvalue weighted by molar-refractivity contribution is -0.120. The molecule has 1 aromatic carbocycles. The highest BCUT2D eigenvalue weighted by Gasteiger charge is 2.21. The van der Waals surface area contributed by atoms with Gasteiger partial charge in [0.1, 0.15) is 0 Å². The number of piperazine rings is 1. The van der Waals surface area contributed by atoms with Crippen LogP contribution in [0.1, 0.15) is 19.3 Å². The second-order valence-electron chi connectivity index (χ2n) is 6.28. The van der Waals surface area contributed by atoms with Crippen molar-refractivity contribution in [3.05, 3.63) is 36.4 Å². The number of hydrogen-bond donors (Lipinski definition) is 1. The van der Waals surface area contributed by atoms with Gasteiger partial charge in [-0.05, 0) is 38.4 Å². The predicted molar refractivity (Wildman–Crippen MR) is 91.3 cm³/mol. The first kappa shape index (κ1) is 15.1. The fourth-order valence-electron chi connectivity index (χ4n) is 3.17. The third-order valence-corrected chi connectivity index (χ3v) is 4.65. The summed E-state index contributed by atoms with van der Waals surface area (Å²) >= 11 is 0. The van der Waals surface area contributed by atoms with Crippen molar-refractivity contribution in [1.29, 1.82) is 0 Å². The van der Waals surface area contributed by atoms with Crippen LogP contribution >= 0.6 is 0 Å². The van der Waals surface area contributed by atoms with Gasteiger partial charge in [0.15, 0.2) is 0 Å². The number of carbonyl (C=O) groups excluding carboxylic acids is 1. The van der Waals surface area contributed by atoms with Crippen molar-refractivity contribution >= 4 is 17.3 Å². The van der Waals surface area contributed by atoms with Gasteiger partial charge in [-0.15, -0.1) is 0 Å². The fraction of sp³-hybridized carbons (Fsp3) is 0.500. The number of allylic oxidation sites excluding steroid dienone is 2. The van der Waals surface area contributed by atoms with Crippen molar-refractivity contribution in [1.82, 2.24) is 4.90 Å². The Morgan fingerprint density at radius 2 is 1.91 bits per heavy atom. The van der Waals surface area contributed by atoms with Crippen molar-refractivity contribution < 1.29 is 4.79 Å². The molecule has 22 heavy (non-hydrogen) atoms. The molecular weight excluding hydrogens is 274 g/mol. The van der Waals surface area contributed by atoms with Gasteiger partial charge in [-0.3, -0.25) is 4.79 Å². The number of para-hydroxylation sites is 2. The van der Waals surface area contributed by atoms with E-state index in [2.05, 4.69) is 40.4 Å². The number of anilines is 2. The van der Waals surface area contributed by atoms with E-state index in [1.54, 1.807) is 0 Å². The fourth-order valence-corrected chi connectivity index (χ4v) is 3.17. The van der Waals surface area contributed by atoms with Crippen LogP contribution in [0.15, 0.2) is 36.4 Å². The number of nitrogens with one attached hydrogen (secondary N) is 1. The quantitative estimate of drug-likeness (QED) is 0.872. The molecule has 0 saturated carbocycles. The summed E-state index contributed by atoms with van der Waals surface area (Å²) in [6.45, 7) is 4.15. The van der Waals surface area contributed by atoms with Gasteiger partial charge in [0.25, 0.3) is 0 Å². The third-order valence-electron chi connectivity index (χ3n) is 4.65. The molecular formula is C18H25N3O. The summed E-state index contributed by atoms with van der Waals surface area (Å²) in [6, 6.07) is 8.18. The molecule has 1 amide bonds. The molecule has 1 fully saturated rings. The largest absolute Gasteiger partial charge is 0.367 e. The number of likely N-dealkylation sites (N-methyl/N-ethyl adjacent to an activating group) is 1. The molecule has 1 saturated heterocycles. The van der Waals surface area contributed by atoms with Crippen LogP contribution < -0.4 is 10.2 Å². The minimum Gasteiger partial charge on any atom is -0.367 e. The third kappa shape index (κ3) is 3.50. The Morgan fingerprint density at radius 3 is 2.64 bits per heavy atom. The van der Waals surface area contributed by atoms with Crippen LogP contribution in [-0.4, -0.2) is 44.0 Å². The van der Waals surface area contributed by atoms with Crippen LogP contribution in [-0.2, 0) is 4.79 Å². The molecule has 1 atom stereocenters. The summed E-state index contributed by atoms with van der Waals surface area (Å²) in [7, 11) is 2.15. The van der Waals surface area contributed by atoms with Crippen molar-refractivity contribution in [2.45, 2.75) is 19.3 Å². The Labute approximate surface area is 132 Å². The molecule has 1 aliphatic carbocycles. The Balaban J connectivity index is 1.71. The zero-order valence-electron chi connectivity index (χ0n) is 13.3. The highest BCUT2D eigenvalue weighted by Crippen LogP contribution is 2.28. The van der Waals surface area contributed by atoms with Crippen LogP contribution in [0.2, 0.25) is 0 Å². The Hall–Kier alpha value is -1.81. The number of rotatable bonds is 3. The van der Waals surface area contributed by atoms with Crippen molar-refractivity contribution in [3.63, 3.8) is 0 Å². The normalized spacial score (nSPS) is 22.6. The van der Waals surface area contributed by atoms with E-state index in [-0.39, 0.29) is 11.8 Å².